The van der Waals surface area contributed by atoms with Crippen molar-refractivity contribution >= 4 is 11.9 Å². The second-order valence-corrected chi connectivity index (χ2v) is 9.16. The third-order valence-corrected chi connectivity index (χ3v) is 5.88. The van der Waals surface area contributed by atoms with E-state index < -0.39 is 5.97 Å². The number of benzene rings is 1. The van der Waals surface area contributed by atoms with Crippen LogP contribution in [-0.4, -0.2) is 46.7 Å². The highest BCUT2D eigenvalue weighted by Crippen LogP contribution is 2.37. The number of carboxylic acid groups (broad SMARTS) is 1. The minimum absolute atomic E-state index is 0.0866. The highest BCUT2D eigenvalue weighted by atomic mass is 16.5. The Kier molecular flexibility index (Phi) is 9.56. The van der Waals surface area contributed by atoms with E-state index in [2.05, 4.69) is 0 Å². The Labute approximate surface area is 185 Å². The summed E-state index contributed by atoms with van der Waals surface area (Å²) < 4.78 is 5.17. The SMILES string of the molecule is COCc1cccc(C/C(O)=C/C[C@@H]2CC(C)(C)C(=O)N2CCCCCCC(=O)O)c1. The molecule has 1 heterocycles. The number of carboxylic acids is 1. The molecule has 1 aliphatic heterocycles. The van der Waals surface area contributed by atoms with Gasteiger partial charge in [-0.05, 0) is 42.9 Å². The van der Waals surface area contributed by atoms with Crippen molar-refractivity contribution in [3.8, 4) is 0 Å². The second-order valence-electron chi connectivity index (χ2n) is 9.16. The van der Waals surface area contributed by atoms with Crippen molar-refractivity contribution in [3.63, 3.8) is 0 Å². The Morgan fingerprint density at radius 3 is 2.61 bits per heavy atom. The van der Waals surface area contributed by atoms with Crippen molar-refractivity contribution in [2.75, 3.05) is 13.7 Å². The van der Waals surface area contributed by atoms with Crippen LogP contribution in [0, 0.1) is 5.41 Å². The van der Waals surface area contributed by atoms with Gasteiger partial charge in [-0.1, -0.05) is 51.0 Å². The summed E-state index contributed by atoms with van der Waals surface area (Å²) in [4.78, 5) is 25.4. The van der Waals surface area contributed by atoms with E-state index in [0.717, 1.165) is 36.8 Å². The molecular weight excluding hydrogens is 394 g/mol. The summed E-state index contributed by atoms with van der Waals surface area (Å²) in [5, 5.41) is 19.2. The molecule has 1 aromatic carbocycles. The quantitative estimate of drug-likeness (QED) is 0.344. The van der Waals surface area contributed by atoms with Gasteiger partial charge in [0.1, 0.15) is 0 Å². The Bertz CT molecular complexity index is 771. The van der Waals surface area contributed by atoms with Crippen molar-refractivity contribution < 1.29 is 24.5 Å². The highest BCUT2D eigenvalue weighted by molar-refractivity contribution is 5.84. The average Bonchev–Trinajstić information content (AvgIpc) is 2.92. The van der Waals surface area contributed by atoms with Crippen LogP contribution in [0.15, 0.2) is 36.1 Å². The maximum absolute atomic E-state index is 12.8. The number of allylic oxidation sites excluding steroid dienone is 1. The first-order chi connectivity index (χ1) is 14.7. The zero-order valence-corrected chi connectivity index (χ0v) is 19.1. The number of aliphatic hydroxyl groups excluding tert-OH is 1. The molecule has 6 nitrogen and oxygen atoms in total. The summed E-state index contributed by atoms with van der Waals surface area (Å²) in [5.41, 5.74) is 1.72. The van der Waals surface area contributed by atoms with Crippen molar-refractivity contribution in [2.24, 2.45) is 5.41 Å². The maximum Gasteiger partial charge on any atom is 0.303 e. The molecule has 0 saturated carbocycles. The predicted octanol–water partition coefficient (Wildman–Crippen LogP) is 4.87. The van der Waals surface area contributed by atoms with Crippen LogP contribution in [0.25, 0.3) is 0 Å². The van der Waals surface area contributed by atoms with E-state index in [1.165, 1.54) is 0 Å². The molecular formula is C25H37NO5. The van der Waals surface area contributed by atoms with Crippen molar-refractivity contribution in [3.05, 3.63) is 47.2 Å². The molecule has 0 radical (unpaired) electrons. The smallest absolute Gasteiger partial charge is 0.303 e. The summed E-state index contributed by atoms with van der Waals surface area (Å²) >= 11 is 0. The van der Waals surface area contributed by atoms with Gasteiger partial charge in [0.05, 0.1) is 12.4 Å². The molecule has 1 aliphatic rings. The van der Waals surface area contributed by atoms with Gasteiger partial charge in [-0.3, -0.25) is 9.59 Å². The number of carbonyl (C=O) groups excluding carboxylic acids is 1. The first-order valence-electron chi connectivity index (χ1n) is 11.2. The highest BCUT2D eigenvalue weighted by Gasteiger charge is 2.44. The molecule has 0 aliphatic carbocycles. The van der Waals surface area contributed by atoms with Gasteiger partial charge in [0.15, 0.2) is 0 Å². The van der Waals surface area contributed by atoms with Crippen LogP contribution >= 0.6 is 0 Å². The molecule has 0 aromatic heterocycles. The predicted molar refractivity (Wildman–Crippen MR) is 121 cm³/mol. The van der Waals surface area contributed by atoms with Crippen molar-refractivity contribution in [1.29, 1.82) is 0 Å². The molecule has 1 saturated heterocycles. The Hall–Kier alpha value is -2.34. The van der Waals surface area contributed by atoms with Crippen LogP contribution in [0.3, 0.4) is 0 Å². The molecule has 1 fully saturated rings. The van der Waals surface area contributed by atoms with Crippen LogP contribution < -0.4 is 0 Å². The van der Waals surface area contributed by atoms with Gasteiger partial charge < -0.3 is 19.8 Å². The standard InChI is InChI=1S/C25H37NO5/c1-25(2)17-21(26(24(25)30)14-7-5-4-6-11-23(28)29)12-13-22(27)16-19-9-8-10-20(15-19)18-31-3/h8-10,13,15,21,27H,4-7,11-12,14,16-18H2,1-3H3,(H,28,29)/b22-13-/t21-/m1/s1. The van der Waals surface area contributed by atoms with Crippen molar-refractivity contribution in [2.45, 2.75) is 77.9 Å². The zero-order chi connectivity index (χ0) is 22.9. The Morgan fingerprint density at radius 1 is 1.19 bits per heavy atom. The topological polar surface area (TPSA) is 87.1 Å². The molecule has 31 heavy (non-hydrogen) atoms. The number of aliphatic hydroxyl groups is 1. The fourth-order valence-electron chi connectivity index (χ4n) is 4.30. The summed E-state index contributed by atoms with van der Waals surface area (Å²) in [6, 6.07) is 8.07. The number of amides is 1. The molecule has 2 rings (SSSR count). The first-order valence-corrected chi connectivity index (χ1v) is 11.2. The summed E-state index contributed by atoms with van der Waals surface area (Å²) in [7, 11) is 1.66. The third-order valence-electron chi connectivity index (χ3n) is 5.88. The Balaban J connectivity index is 1.90. The number of ether oxygens (including phenoxy) is 1. The number of methoxy groups -OCH3 is 1. The second kappa shape index (κ2) is 11.9. The number of nitrogens with zero attached hydrogens (tertiary/aromatic N) is 1. The summed E-state index contributed by atoms with van der Waals surface area (Å²) in [6.45, 7) is 5.21. The fourth-order valence-corrected chi connectivity index (χ4v) is 4.30. The number of rotatable bonds is 13. The molecule has 0 unspecified atom stereocenters. The lowest BCUT2D eigenvalue weighted by Gasteiger charge is -2.24. The minimum Gasteiger partial charge on any atom is -0.512 e. The molecule has 2 N–H and O–H groups in total. The molecule has 0 bridgehead atoms. The lowest BCUT2D eigenvalue weighted by atomic mass is 9.89. The first kappa shape index (κ1) is 24.9. The van der Waals surface area contributed by atoms with Crippen LogP contribution in [0.4, 0.5) is 0 Å². The summed E-state index contributed by atoms with van der Waals surface area (Å²) in [5.74, 6) is -0.267. The van der Waals surface area contributed by atoms with Gasteiger partial charge >= 0.3 is 5.97 Å². The van der Waals surface area contributed by atoms with E-state index in [1.54, 1.807) is 7.11 Å². The molecule has 1 aromatic rings. The number of aliphatic carboxylic acids is 1. The van der Waals surface area contributed by atoms with Gasteiger partial charge in [0, 0.05) is 38.0 Å². The van der Waals surface area contributed by atoms with Crippen LogP contribution in [-0.2, 0) is 27.4 Å². The van der Waals surface area contributed by atoms with E-state index >= 15 is 0 Å². The van der Waals surface area contributed by atoms with E-state index in [4.69, 9.17) is 9.84 Å². The maximum atomic E-state index is 12.8. The molecule has 6 heteroatoms. The number of hydrogen-bond donors (Lipinski definition) is 2. The normalized spacial score (nSPS) is 18.5. The van der Waals surface area contributed by atoms with Crippen LogP contribution in [0.5, 0.6) is 0 Å². The van der Waals surface area contributed by atoms with E-state index in [1.807, 2.05) is 49.1 Å². The van der Waals surface area contributed by atoms with Crippen LogP contribution in [0.2, 0.25) is 0 Å². The van der Waals surface area contributed by atoms with Crippen molar-refractivity contribution in [1.82, 2.24) is 4.90 Å². The van der Waals surface area contributed by atoms with Crippen LogP contribution in [0.1, 0.15) is 69.9 Å². The fraction of sp³-hybridized carbons (Fsp3) is 0.600. The van der Waals surface area contributed by atoms with Gasteiger partial charge in [-0.2, -0.15) is 0 Å². The minimum atomic E-state index is -0.756. The lowest BCUT2D eigenvalue weighted by Crippen LogP contribution is -2.36. The Morgan fingerprint density at radius 2 is 1.90 bits per heavy atom. The molecule has 0 spiro atoms. The van der Waals surface area contributed by atoms with E-state index in [-0.39, 0.29) is 23.8 Å². The molecule has 1 amide bonds. The van der Waals surface area contributed by atoms with Gasteiger partial charge in [0.25, 0.3) is 0 Å². The average molecular weight is 432 g/mol. The van der Waals surface area contributed by atoms with E-state index in [0.29, 0.717) is 38.2 Å². The number of hydrogen-bond acceptors (Lipinski definition) is 4. The largest absolute Gasteiger partial charge is 0.512 e. The lowest BCUT2D eigenvalue weighted by molar-refractivity contribution is -0.137. The molecule has 172 valence electrons. The number of carbonyl (C=O) groups is 2. The van der Waals surface area contributed by atoms with Gasteiger partial charge in [-0.15, -0.1) is 0 Å². The number of unbranched alkanes of at least 4 members (excludes halogenated alkanes) is 3. The summed E-state index contributed by atoms with van der Waals surface area (Å²) in [6.07, 6.45) is 7.27. The van der Waals surface area contributed by atoms with Gasteiger partial charge in [0.2, 0.25) is 5.91 Å². The zero-order valence-electron chi connectivity index (χ0n) is 19.1. The van der Waals surface area contributed by atoms with E-state index in [9.17, 15) is 14.7 Å². The molecule has 1 atom stereocenters. The van der Waals surface area contributed by atoms with Gasteiger partial charge in [-0.25, -0.2) is 0 Å². The monoisotopic (exact) mass is 431 g/mol. The number of likely N-dealkylation sites (tertiary alicyclic amines) is 1. The third kappa shape index (κ3) is 8.02.